The Morgan fingerprint density at radius 2 is 2.03 bits per heavy atom. The van der Waals surface area contributed by atoms with Gasteiger partial charge in [-0.1, -0.05) is 56.5 Å². The average Bonchev–Trinajstić information content (AvgIpc) is 3.50. The lowest BCUT2D eigenvalue weighted by Gasteiger charge is -2.38. The molecule has 9 heteroatoms. The summed E-state index contributed by atoms with van der Waals surface area (Å²) < 4.78 is 11.6. The Hall–Kier alpha value is -2.42. The molecule has 2 saturated heterocycles. The maximum Gasteiger partial charge on any atom is 0.246 e. The van der Waals surface area contributed by atoms with Crippen LogP contribution < -0.4 is 10.6 Å². The number of ether oxygens (including phenoxy) is 2. The molecule has 0 unspecified atom stereocenters. The van der Waals surface area contributed by atoms with Crippen molar-refractivity contribution in [2.75, 3.05) is 25.6 Å². The van der Waals surface area contributed by atoms with Crippen LogP contribution in [-0.4, -0.2) is 66.7 Å². The molecule has 1 aromatic rings. The zero-order chi connectivity index (χ0) is 26.5. The highest BCUT2D eigenvalue weighted by atomic mass is 35.5. The van der Waals surface area contributed by atoms with E-state index >= 15 is 0 Å². The molecule has 2 N–H and O–H groups in total. The third kappa shape index (κ3) is 4.37. The Kier molecular flexibility index (Phi) is 7.11. The Balaban J connectivity index is 1.42. The van der Waals surface area contributed by atoms with Crippen LogP contribution >= 0.6 is 11.6 Å². The van der Waals surface area contributed by atoms with Gasteiger partial charge in [0.15, 0.2) is 0 Å². The van der Waals surface area contributed by atoms with E-state index in [9.17, 15) is 14.4 Å². The number of fused-ring (bicyclic) bond motifs is 1. The molecule has 5 rings (SSSR count). The van der Waals surface area contributed by atoms with E-state index in [0.717, 1.165) is 24.8 Å². The standard InChI is InChI=1S/C28H36ClN3O5/c1-15-6-5-7-20(17(15)3)31-26(34)24-28-11-10-21(37-28)22(23(28)27(35)32(24)12-13-36-4)25(33)30-18-9-8-16(2)19(29)14-18/h8-11,14-15,17,20-24H,5-7,12-13H2,1-4H3,(H,30,33)(H,31,34)/t15-,17-,20-,21-,22-,23-,24+,28+/m1/s1. The fourth-order valence-corrected chi connectivity index (χ4v) is 6.82. The van der Waals surface area contributed by atoms with Gasteiger partial charge in [-0.2, -0.15) is 0 Å². The molecule has 3 aliphatic heterocycles. The normalized spacial score (nSPS) is 36.1. The van der Waals surface area contributed by atoms with E-state index in [1.54, 1.807) is 24.1 Å². The largest absolute Gasteiger partial charge is 0.383 e. The minimum absolute atomic E-state index is 0.0408. The highest BCUT2D eigenvalue weighted by Gasteiger charge is 2.72. The first kappa shape index (κ1) is 26.2. The van der Waals surface area contributed by atoms with Gasteiger partial charge in [-0.15, -0.1) is 0 Å². The Morgan fingerprint density at radius 3 is 2.76 bits per heavy atom. The van der Waals surface area contributed by atoms with Crippen molar-refractivity contribution in [2.45, 2.75) is 63.8 Å². The first-order chi connectivity index (χ1) is 17.7. The lowest BCUT2D eigenvalue weighted by atomic mass is 9.73. The zero-order valence-electron chi connectivity index (χ0n) is 21.8. The van der Waals surface area contributed by atoms with Crippen LogP contribution in [0, 0.1) is 30.6 Å². The van der Waals surface area contributed by atoms with Gasteiger partial charge in [0.1, 0.15) is 11.6 Å². The Morgan fingerprint density at radius 1 is 1.24 bits per heavy atom. The fourth-order valence-electron chi connectivity index (χ4n) is 6.64. The second-order valence-electron chi connectivity index (χ2n) is 11.1. The lowest BCUT2D eigenvalue weighted by Crippen LogP contribution is -2.58. The van der Waals surface area contributed by atoms with Gasteiger partial charge < -0.3 is 25.0 Å². The molecule has 0 radical (unpaired) electrons. The topological polar surface area (TPSA) is 97.0 Å². The second kappa shape index (κ2) is 10.0. The van der Waals surface area contributed by atoms with Crippen LogP contribution in [0.25, 0.3) is 0 Å². The van der Waals surface area contributed by atoms with E-state index in [1.165, 1.54) is 0 Å². The molecular formula is C28H36ClN3O5. The number of nitrogens with zero attached hydrogens (tertiary/aromatic N) is 1. The summed E-state index contributed by atoms with van der Waals surface area (Å²) in [5.41, 5.74) is 0.272. The molecule has 8 nitrogen and oxygen atoms in total. The smallest absolute Gasteiger partial charge is 0.246 e. The van der Waals surface area contributed by atoms with Crippen molar-refractivity contribution in [1.29, 1.82) is 0 Å². The van der Waals surface area contributed by atoms with Gasteiger partial charge in [0.2, 0.25) is 17.7 Å². The number of methoxy groups -OCH3 is 1. The number of halogens is 1. The van der Waals surface area contributed by atoms with E-state index < -0.39 is 29.6 Å². The van der Waals surface area contributed by atoms with Crippen LogP contribution in [0.4, 0.5) is 5.69 Å². The van der Waals surface area contributed by atoms with Crippen LogP contribution in [-0.2, 0) is 23.9 Å². The predicted molar refractivity (Wildman–Crippen MR) is 140 cm³/mol. The second-order valence-corrected chi connectivity index (χ2v) is 11.5. The summed E-state index contributed by atoms with van der Waals surface area (Å²) in [5, 5.41) is 6.71. The monoisotopic (exact) mass is 529 g/mol. The zero-order valence-corrected chi connectivity index (χ0v) is 22.6. The molecule has 1 spiro atoms. The summed E-state index contributed by atoms with van der Waals surface area (Å²) in [6.07, 6.45) is 6.19. The van der Waals surface area contributed by atoms with Crippen LogP contribution in [0.1, 0.15) is 38.7 Å². The number of carbonyl (C=O) groups excluding carboxylic acids is 3. The number of nitrogens with one attached hydrogen (secondary N) is 2. The first-order valence-corrected chi connectivity index (χ1v) is 13.6. The maximum absolute atomic E-state index is 13.9. The van der Waals surface area contributed by atoms with Gasteiger partial charge in [-0.25, -0.2) is 0 Å². The van der Waals surface area contributed by atoms with Crippen LogP contribution in [0.15, 0.2) is 30.4 Å². The first-order valence-electron chi connectivity index (χ1n) is 13.2. The molecule has 8 atom stereocenters. The van der Waals surface area contributed by atoms with Crippen molar-refractivity contribution in [3.8, 4) is 0 Å². The summed E-state index contributed by atoms with van der Waals surface area (Å²) in [7, 11) is 1.56. The predicted octanol–water partition coefficient (Wildman–Crippen LogP) is 3.32. The number of rotatable bonds is 7. The maximum atomic E-state index is 13.9. The molecule has 3 amide bonds. The molecule has 1 aromatic carbocycles. The van der Waals surface area contributed by atoms with Crippen LogP contribution in [0.2, 0.25) is 5.02 Å². The lowest BCUT2D eigenvalue weighted by molar-refractivity contribution is -0.142. The van der Waals surface area contributed by atoms with Crippen molar-refractivity contribution < 1.29 is 23.9 Å². The summed E-state index contributed by atoms with van der Waals surface area (Å²) in [4.78, 5) is 42.8. The number of amides is 3. The number of benzene rings is 1. The van der Waals surface area contributed by atoms with Gasteiger partial charge >= 0.3 is 0 Å². The SMILES string of the molecule is COCCN1C(=O)[C@H]2[C@H](C(=O)Nc3ccc(C)c(Cl)c3)[C@H]3C=C[C@@]2(O3)[C@@H]1C(=O)N[C@@H]1CCC[C@@H](C)[C@H]1C. The molecule has 0 aromatic heterocycles. The van der Waals surface area contributed by atoms with E-state index in [2.05, 4.69) is 24.5 Å². The quantitative estimate of drug-likeness (QED) is 0.528. The summed E-state index contributed by atoms with van der Waals surface area (Å²) in [6.45, 7) is 6.80. The number of carbonyl (C=O) groups is 3. The van der Waals surface area contributed by atoms with Gasteiger partial charge in [0.25, 0.3) is 0 Å². The number of hydrogen-bond donors (Lipinski definition) is 2. The van der Waals surface area contributed by atoms with Gasteiger partial charge in [0.05, 0.1) is 24.5 Å². The highest BCUT2D eigenvalue weighted by molar-refractivity contribution is 6.31. The third-order valence-electron chi connectivity index (χ3n) is 8.94. The third-order valence-corrected chi connectivity index (χ3v) is 9.34. The molecule has 1 aliphatic carbocycles. The van der Waals surface area contributed by atoms with E-state index in [0.29, 0.717) is 22.5 Å². The number of aryl methyl sites for hydroxylation is 1. The molecule has 4 aliphatic rings. The number of hydrogen-bond acceptors (Lipinski definition) is 5. The summed E-state index contributed by atoms with van der Waals surface area (Å²) in [6, 6.07) is 4.48. The minimum atomic E-state index is -1.18. The van der Waals surface area contributed by atoms with Crippen molar-refractivity contribution >= 4 is 35.0 Å². The van der Waals surface area contributed by atoms with Gasteiger partial charge in [0, 0.05) is 30.4 Å². The van der Waals surface area contributed by atoms with Gasteiger partial charge in [-0.3, -0.25) is 14.4 Å². The van der Waals surface area contributed by atoms with Gasteiger partial charge in [-0.05, 0) is 42.9 Å². The highest BCUT2D eigenvalue weighted by Crippen LogP contribution is 2.55. The Bertz CT molecular complexity index is 1130. The average molecular weight is 530 g/mol. The number of anilines is 1. The molecule has 3 heterocycles. The molecule has 1 saturated carbocycles. The van der Waals surface area contributed by atoms with E-state index in [4.69, 9.17) is 21.1 Å². The molecule has 3 fully saturated rings. The summed E-state index contributed by atoms with van der Waals surface area (Å²) >= 11 is 6.25. The van der Waals surface area contributed by atoms with Crippen LogP contribution in [0.3, 0.4) is 0 Å². The van der Waals surface area contributed by atoms with Crippen molar-refractivity contribution in [3.05, 3.63) is 40.9 Å². The van der Waals surface area contributed by atoms with Crippen molar-refractivity contribution in [3.63, 3.8) is 0 Å². The van der Waals surface area contributed by atoms with E-state index in [1.807, 2.05) is 25.1 Å². The number of likely N-dealkylation sites (tertiary alicyclic amines) is 1. The summed E-state index contributed by atoms with van der Waals surface area (Å²) in [5.74, 6) is -1.50. The molecule has 200 valence electrons. The molecule has 2 bridgehead atoms. The van der Waals surface area contributed by atoms with E-state index in [-0.39, 0.29) is 36.9 Å². The van der Waals surface area contributed by atoms with Crippen molar-refractivity contribution in [1.82, 2.24) is 10.2 Å². The molecular weight excluding hydrogens is 494 g/mol. The Labute approximate surface area is 223 Å². The van der Waals surface area contributed by atoms with Crippen molar-refractivity contribution in [2.24, 2.45) is 23.7 Å². The fraction of sp³-hybridized carbons (Fsp3) is 0.607. The molecule has 37 heavy (non-hydrogen) atoms. The minimum Gasteiger partial charge on any atom is -0.383 e. The van der Waals surface area contributed by atoms with Crippen LogP contribution in [0.5, 0.6) is 0 Å².